The maximum absolute atomic E-state index is 13.2. The summed E-state index contributed by atoms with van der Waals surface area (Å²) in [5, 5.41) is 14.1. The van der Waals surface area contributed by atoms with E-state index in [1.807, 2.05) is 38.1 Å². The van der Waals surface area contributed by atoms with Crippen LogP contribution in [0.2, 0.25) is 0 Å². The fourth-order valence-electron chi connectivity index (χ4n) is 3.43. The Morgan fingerprint density at radius 2 is 1.81 bits per heavy atom. The van der Waals surface area contributed by atoms with E-state index in [0.29, 0.717) is 0 Å². The van der Waals surface area contributed by atoms with Gasteiger partial charge in [0.1, 0.15) is 17.5 Å². The first-order valence-electron chi connectivity index (χ1n) is 10.2. The molecule has 2 aromatic rings. The number of aryl methyl sites for hydroxylation is 1. The van der Waals surface area contributed by atoms with Gasteiger partial charge in [-0.3, -0.25) is 19.2 Å². The van der Waals surface area contributed by atoms with Gasteiger partial charge in [-0.25, -0.2) is 8.42 Å². The Hall–Kier alpha value is -3.14. The molecule has 2 rings (SSSR count). The van der Waals surface area contributed by atoms with Gasteiger partial charge in [-0.05, 0) is 37.0 Å². The molecule has 0 aromatic heterocycles. The lowest BCUT2D eigenvalue weighted by Crippen LogP contribution is -2.49. The van der Waals surface area contributed by atoms with Crippen LogP contribution < -0.4 is 14.4 Å². The van der Waals surface area contributed by atoms with E-state index in [4.69, 9.17) is 4.74 Å². The molecule has 0 unspecified atom stereocenters. The molecule has 0 fully saturated rings. The number of nitrogens with zero attached hydrogens (tertiary/aromatic N) is 2. The van der Waals surface area contributed by atoms with Crippen LogP contribution in [0.3, 0.4) is 0 Å². The van der Waals surface area contributed by atoms with Gasteiger partial charge in [0.25, 0.3) is 5.69 Å². The van der Waals surface area contributed by atoms with Gasteiger partial charge < -0.3 is 10.1 Å². The SMILES string of the molecule is CCc1ccc([C@@H](C)NC(=O)[C@H](CC)N(c2cc([N+](=O)[O-])ccc2OC)S(C)(=O)=O)cc1. The first-order chi connectivity index (χ1) is 15.0. The number of methoxy groups -OCH3 is 1. The molecule has 0 bridgehead atoms. The quantitative estimate of drug-likeness (QED) is 0.425. The highest BCUT2D eigenvalue weighted by atomic mass is 32.2. The van der Waals surface area contributed by atoms with E-state index in [0.717, 1.165) is 28.6 Å². The van der Waals surface area contributed by atoms with Gasteiger partial charge in [-0.15, -0.1) is 0 Å². The van der Waals surface area contributed by atoms with Crippen LogP contribution in [-0.2, 0) is 21.2 Å². The number of carbonyl (C=O) groups is 1. The van der Waals surface area contributed by atoms with Crippen LogP contribution in [0.4, 0.5) is 11.4 Å². The third kappa shape index (κ3) is 5.76. The Morgan fingerprint density at radius 1 is 1.19 bits per heavy atom. The molecule has 1 N–H and O–H groups in total. The van der Waals surface area contributed by atoms with E-state index in [-0.39, 0.29) is 29.6 Å². The summed E-state index contributed by atoms with van der Waals surface area (Å²) in [5.41, 5.74) is 1.67. The molecule has 0 spiro atoms. The molecule has 174 valence electrons. The van der Waals surface area contributed by atoms with Crippen LogP contribution in [0.1, 0.15) is 44.4 Å². The summed E-state index contributed by atoms with van der Waals surface area (Å²) in [4.78, 5) is 23.8. The van der Waals surface area contributed by atoms with E-state index in [2.05, 4.69) is 5.32 Å². The number of carbonyl (C=O) groups excluding carboxylic acids is 1. The number of anilines is 1. The molecule has 10 heteroatoms. The average molecular weight is 464 g/mol. The molecule has 0 aliphatic rings. The van der Waals surface area contributed by atoms with Gasteiger partial charge in [0.2, 0.25) is 15.9 Å². The van der Waals surface area contributed by atoms with Gasteiger partial charge in [-0.2, -0.15) is 0 Å². The van der Waals surface area contributed by atoms with Crippen LogP contribution >= 0.6 is 0 Å². The van der Waals surface area contributed by atoms with Crippen molar-refractivity contribution < 1.29 is 22.9 Å². The zero-order valence-corrected chi connectivity index (χ0v) is 19.7. The molecule has 0 aliphatic heterocycles. The van der Waals surface area contributed by atoms with Crippen LogP contribution in [0.15, 0.2) is 42.5 Å². The van der Waals surface area contributed by atoms with Crippen molar-refractivity contribution in [3.8, 4) is 5.75 Å². The summed E-state index contributed by atoms with van der Waals surface area (Å²) in [6, 6.07) is 9.93. The first-order valence-corrected chi connectivity index (χ1v) is 12.1. The van der Waals surface area contributed by atoms with E-state index in [9.17, 15) is 23.3 Å². The first kappa shape index (κ1) is 25.1. The van der Waals surface area contributed by atoms with Crippen molar-refractivity contribution in [3.05, 3.63) is 63.7 Å². The van der Waals surface area contributed by atoms with Crippen LogP contribution in [0, 0.1) is 10.1 Å². The number of sulfonamides is 1. The van der Waals surface area contributed by atoms with Crippen LogP contribution in [-0.4, -0.2) is 38.7 Å². The second-order valence-electron chi connectivity index (χ2n) is 7.42. The smallest absolute Gasteiger partial charge is 0.271 e. The summed E-state index contributed by atoms with van der Waals surface area (Å²) in [5.74, 6) is -0.408. The highest BCUT2D eigenvalue weighted by Gasteiger charge is 2.35. The van der Waals surface area contributed by atoms with Crippen LogP contribution in [0.5, 0.6) is 5.75 Å². The monoisotopic (exact) mass is 463 g/mol. The van der Waals surface area contributed by atoms with E-state index < -0.39 is 26.9 Å². The molecule has 0 aliphatic carbocycles. The van der Waals surface area contributed by atoms with Gasteiger partial charge in [-0.1, -0.05) is 38.1 Å². The Kier molecular flexibility index (Phi) is 8.20. The van der Waals surface area contributed by atoms with E-state index >= 15 is 0 Å². The van der Waals surface area contributed by atoms with Crippen molar-refractivity contribution in [3.63, 3.8) is 0 Å². The predicted octanol–water partition coefficient (Wildman–Crippen LogP) is 3.59. The summed E-state index contributed by atoms with van der Waals surface area (Å²) in [6.07, 6.45) is 1.99. The van der Waals surface area contributed by atoms with E-state index in [1.54, 1.807) is 6.92 Å². The van der Waals surface area contributed by atoms with Crippen LogP contribution in [0.25, 0.3) is 0 Å². The van der Waals surface area contributed by atoms with Gasteiger partial charge >= 0.3 is 0 Å². The molecule has 0 heterocycles. The van der Waals surface area contributed by atoms with Crippen molar-refractivity contribution in [2.75, 3.05) is 17.7 Å². The molecule has 1 amide bonds. The number of amides is 1. The molecule has 2 atom stereocenters. The Labute approximate surface area is 188 Å². The van der Waals surface area contributed by atoms with Crippen molar-refractivity contribution in [2.45, 2.75) is 45.7 Å². The third-order valence-corrected chi connectivity index (χ3v) is 6.35. The molecule has 2 aromatic carbocycles. The summed E-state index contributed by atoms with van der Waals surface area (Å²) in [7, 11) is -2.66. The second kappa shape index (κ2) is 10.4. The summed E-state index contributed by atoms with van der Waals surface area (Å²) >= 11 is 0. The average Bonchev–Trinajstić information content (AvgIpc) is 2.75. The normalized spacial score (nSPS) is 13.2. The number of nitro benzene ring substituents is 1. The number of nitro groups is 1. The largest absolute Gasteiger partial charge is 0.495 e. The lowest BCUT2D eigenvalue weighted by atomic mass is 10.0. The molecule has 32 heavy (non-hydrogen) atoms. The predicted molar refractivity (Wildman–Crippen MR) is 123 cm³/mol. The Morgan fingerprint density at radius 3 is 2.28 bits per heavy atom. The van der Waals surface area contributed by atoms with Gasteiger partial charge in [0.05, 0.1) is 24.3 Å². The number of nitrogens with one attached hydrogen (secondary N) is 1. The maximum atomic E-state index is 13.2. The highest BCUT2D eigenvalue weighted by Crippen LogP contribution is 2.35. The van der Waals surface area contributed by atoms with Gasteiger partial charge in [0, 0.05) is 12.1 Å². The van der Waals surface area contributed by atoms with Crippen molar-refractivity contribution in [1.82, 2.24) is 5.32 Å². The number of hydrogen-bond acceptors (Lipinski definition) is 6. The maximum Gasteiger partial charge on any atom is 0.271 e. The van der Waals surface area contributed by atoms with Crippen molar-refractivity contribution >= 4 is 27.3 Å². The Balaban J connectivity index is 2.44. The standard InChI is InChI=1S/C22H29N3O6S/c1-6-16-8-10-17(11-9-16)15(3)23-22(26)19(7-2)24(32(5,29)30)20-14-18(25(27)28)12-13-21(20)31-4/h8-15,19H,6-7H2,1-5H3,(H,23,26)/t15-,19+/m1/s1. The topological polar surface area (TPSA) is 119 Å². The second-order valence-corrected chi connectivity index (χ2v) is 9.28. The minimum absolute atomic E-state index is 0.0637. The molecule has 0 radical (unpaired) electrons. The number of rotatable bonds is 10. The summed E-state index contributed by atoms with van der Waals surface area (Å²) in [6.45, 7) is 5.53. The van der Waals surface area contributed by atoms with Crippen molar-refractivity contribution in [1.29, 1.82) is 0 Å². The zero-order chi connectivity index (χ0) is 24.1. The number of benzene rings is 2. The minimum atomic E-state index is -3.99. The minimum Gasteiger partial charge on any atom is -0.495 e. The molecular weight excluding hydrogens is 434 g/mol. The van der Waals surface area contributed by atoms with E-state index in [1.165, 1.54) is 24.8 Å². The number of hydrogen-bond donors (Lipinski definition) is 1. The lowest BCUT2D eigenvalue weighted by molar-refractivity contribution is -0.384. The molecule has 0 saturated carbocycles. The molecule has 9 nitrogen and oxygen atoms in total. The Bertz CT molecular complexity index is 1070. The molecular formula is C22H29N3O6S. The fraction of sp³-hybridized carbons (Fsp3) is 0.409. The molecule has 0 saturated heterocycles. The third-order valence-electron chi connectivity index (χ3n) is 5.19. The zero-order valence-electron chi connectivity index (χ0n) is 18.9. The summed E-state index contributed by atoms with van der Waals surface area (Å²) < 4.78 is 31.6. The highest BCUT2D eigenvalue weighted by molar-refractivity contribution is 7.92. The number of ether oxygens (including phenoxy) is 1. The number of non-ortho nitro benzene ring substituents is 1. The van der Waals surface area contributed by atoms with Crippen molar-refractivity contribution in [2.24, 2.45) is 0 Å². The lowest BCUT2D eigenvalue weighted by Gasteiger charge is -2.31. The van der Waals surface area contributed by atoms with Gasteiger partial charge in [0.15, 0.2) is 0 Å². The fourth-order valence-corrected chi connectivity index (χ4v) is 4.64.